The molecule has 102 valence electrons. The summed E-state index contributed by atoms with van der Waals surface area (Å²) in [4.78, 5) is 5.85. The number of nitrogens with zero attached hydrogens (tertiary/aromatic N) is 2. The van der Waals surface area contributed by atoms with Gasteiger partial charge in [0.2, 0.25) is 0 Å². The van der Waals surface area contributed by atoms with Gasteiger partial charge >= 0.3 is 0 Å². The molecule has 0 bridgehead atoms. The normalized spacial score (nSPS) is 13.6. The highest BCUT2D eigenvalue weighted by Gasteiger charge is 2.22. The molecule has 0 saturated carbocycles. The smallest absolute Gasteiger partial charge is 0.260 e. The van der Waals surface area contributed by atoms with Gasteiger partial charge in [0.25, 0.3) is 10.0 Å². The third-order valence-corrected chi connectivity index (χ3v) is 3.84. The molecule has 6 nitrogen and oxygen atoms in total. The quantitative estimate of drug-likeness (QED) is 0.782. The zero-order valence-electron chi connectivity index (χ0n) is 11.1. The molecule has 0 aromatic carbocycles. The van der Waals surface area contributed by atoms with Crippen LogP contribution in [0, 0.1) is 0 Å². The minimum Gasteiger partial charge on any atom is -0.386 e. The van der Waals surface area contributed by atoms with Crippen LogP contribution in [0.3, 0.4) is 0 Å². The lowest BCUT2D eigenvalue weighted by atomic mass is 10.3. The highest BCUT2D eigenvalue weighted by atomic mass is 32.2. The van der Waals surface area contributed by atoms with Crippen LogP contribution >= 0.6 is 0 Å². The third-order valence-electron chi connectivity index (χ3n) is 2.29. The van der Waals surface area contributed by atoms with Crippen molar-refractivity contribution in [1.82, 2.24) is 14.6 Å². The topological polar surface area (TPSA) is 74.3 Å². The maximum atomic E-state index is 12.2. The second-order valence-corrected chi connectivity index (χ2v) is 6.02. The van der Waals surface area contributed by atoms with E-state index in [-0.39, 0.29) is 11.1 Å². The Morgan fingerprint density at radius 2 is 2.11 bits per heavy atom. The first-order chi connectivity index (χ1) is 8.36. The van der Waals surface area contributed by atoms with Crippen LogP contribution in [-0.4, -0.2) is 52.0 Å². The molecule has 2 N–H and O–H groups in total. The fourth-order valence-electron chi connectivity index (χ4n) is 1.70. The molecule has 0 aliphatic heterocycles. The molecule has 0 fully saturated rings. The number of hydrogen-bond acceptors (Lipinski definition) is 5. The SMILES string of the molecule is CNc1cccnc1S(=O)(=O)NC(C)CN(C)C. The van der Waals surface area contributed by atoms with Gasteiger partial charge in [-0.15, -0.1) is 0 Å². The van der Waals surface area contributed by atoms with Crippen LogP contribution in [-0.2, 0) is 10.0 Å². The van der Waals surface area contributed by atoms with Gasteiger partial charge in [0, 0.05) is 25.8 Å². The Balaban J connectivity index is 2.93. The van der Waals surface area contributed by atoms with Gasteiger partial charge in [-0.3, -0.25) is 0 Å². The Labute approximate surface area is 108 Å². The summed E-state index contributed by atoms with van der Waals surface area (Å²) in [5.74, 6) is 0. The molecule has 7 heteroatoms. The summed E-state index contributed by atoms with van der Waals surface area (Å²) in [7, 11) is 1.85. The molecule has 0 aliphatic rings. The van der Waals surface area contributed by atoms with E-state index in [0.717, 1.165) is 0 Å². The van der Waals surface area contributed by atoms with Gasteiger partial charge in [-0.2, -0.15) is 0 Å². The molecule has 1 atom stereocenters. The lowest BCUT2D eigenvalue weighted by molar-refractivity contribution is 0.370. The van der Waals surface area contributed by atoms with Crippen LogP contribution in [0.2, 0.25) is 0 Å². The first-order valence-electron chi connectivity index (χ1n) is 5.66. The van der Waals surface area contributed by atoms with E-state index in [2.05, 4.69) is 15.0 Å². The van der Waals surface area contributed by atoms with Crippen molar-refractivity contribution in [2.45, 2.75) is 18.0 Å². The lowest BCUT2D eigenvalue weighted by Crippen LogP contribution is -2.39. The summed E-state index contributed by atoms with van der Waals surface area (Å²) in [5.41, 5.74) is 0.488. The lowest BCUT2D eigenvalue weighted by Gasteiger charge is -2.18. The van der Waals surface area contributed by atoms with Gasteiger partial charge < -0.3 is 10.2 Å². The fraction of sp³-hybridized carbons (Fsp3) is 0.545. The predicted molar refractivity (Wildman–Crippen MR) is 72.1 cm³/mol. The number of aromatic nitrogens is 1. The zero-order valence-corrected chi connectivity index (χ0v) is 12.0. The number of nitrogens with one attached hydrogen (secondary N) is 2. The van der Waals surface area contributed by atoms with Crippen LogP contribution < -0.4 is 10.0 Å². The van der Waals surface area contributed by atoms with E-state index in [9.17, 15) is 8.42 Å². The largest absolute Gasteiger partial charge is 0.386 e. The number of anilines is 1. The molecular weight excluding hydrogens is 252 g/mol. The summed E-state index contributed by atoms with van der Waals surface area (Å²) in [6, 6.07) is 3.18. The minimum atomic E-state index is -3.60. The standard InChI is InChI=1S/C11H20N4O2S/c1-9(8-15(3)4)14-18(16,17)11-10(12-2)6-5-7-13-11/h5-7,9,12,14H,8H2,1-4H3. The van der Waals surface area contributed by atoms with Crippen molar-refractivity contribution < 1.29 is 8.42 Å². The molecule has 0 amide bonds. The van der Waals surface area contributed by atoms with Crippen molar-refractivity contribution in [2.24, 2.45) is 0 Å². The summed E-state index contributed by atoms with van der Waals surface area (Å²) in [6.07, 6.45) is 1.46. The predicted octanol–water partition coefficient (Wildman–Crippen LogP) is 0.352. The van der Waals surface area contributed by atoms with Crippen LogP contribution in [0.5, 0.6) is 0 Å². The average Bonchev–Trinajstić information content (AvgIpc) is 2.27. The van der Waals surface area contributed by atoms with Gasteiger partial charge in [-0.25, -0.2) is 18.1 Å². The van der Waals surface area contributed by atoms with Gasteiger partial charge in [0.1, 0.15) is 0 Å². The van der Waals surface area contributed by atoms with E-state index in [0.29, 0.717) is 12.2 Å². The molecule has 1 unspecified atom stereocenters. The Morgan fingerprint density at radius 3 is 2.67 bits per heavy atom. The van der Waals surface area contributed by atoms with Gasteiger partial charge in [-0.05, 0) is 33.2 Å². The minimum absolute atomic E-state index is 0.0260. The van der Waals surface area contributed by atoms with Crippen molar-refractivity contribution in [2.75, 3.05) is 33.0 Å². The Kier molecular flexibility index (Phi) is 5.06. The van der Waals surface area contributed by atoms with Crippen molar-refractivity contribution >= 4 is 15.7 Å². The zero-order chi connectivity index (χ0) is 13.8. The van der Waals surface area contributed by atoms with E-state index in [1.165, 1.54) is 6.20 Å². The van der Waals surface area contributed by atoms with E-state index < -0.39 is 10.0 Å². The Hall–Kier alpha value is -1.18. The molecule has 0 aliphatic carbocycles. The summed E-state index contributed by atoms with van der Waals surface area (Å²) in [5, 5.41) is 2.85. The first-order valence-corrected chi connectivity index (χ1v) is 7.15. The molecule has 0 radical (unpaired) electrons. The van der Waals surface area contributed by atoms with E-state index in [1.807, 2.05) is 25.9 Å². The van der Waals surface area contributed by atoms with Gasteiger partial charge in [0.15, 0.2) is 5.03 Å². The van der Waals surface area contributed by atoms with E-state index in [1.54, 1.807) is 19.2 Å². The molecular formula is C11H20N4O2S. The average molecular weight is 272 g/mol. The van der Waals surface area contributed by atoms with Crippen LogP contribution in [0.15, 0.2) is 23.4 Å². The maximum Gasteiger partial charge on any atom is 0.260 e. The number of rotatable bonds is 6. The number of sulfonamides is 1. The van der Waals surface area contributed by atoms with Crippen molar-refractivity contribution in [3.05, 3.63) is 18.3 Å². The monoisotopic (exact) mass is 272 g/mol. The highest BCUT2D eigenvalue weighted by molar-refractivity contribution is 7.89. The summed E-state index contributed by atoms with van der Waals surface area (Å²) in [6.45, 7) is 2.44. The van der Waals surface area contributed by atoms with Crippen LogP contribution in [0.25, 0.3) is 0 Å². The van der Waals surface area contributed by atoms with Crippen LogP contribution in [0.1, 0.15) is 6.92 Å². The molecule has 0 saturated heterocycles. The van der Waals surface area contributed by atoms with Crippen molar-refractivity contribution in [1.29, 1.82) is 0 Å². The van der Waals surface area contributed by atoms with Crippen molar-refractivity contribution in [3.63, 3.8) is 0 Å². The number of hydrogen-bond donors (Lipinski definition) is 2. The van der Waals surface area contributed by atoms with Gasteiger partial charge in [0.05, 0.1) is 5.69 Å². The molecule has 0 spiro atoms. The second kappa shape index (κ2) is 6.12. The van der Waals surface area contributed by atoms with Crippen LogP contribution in [0.4, 0.5) is 5.69 Å². The molecule has 1 aromatic heterocycles. The molecule has 1 heterocycles. The maximum absolute atomic E-state index is 12.2. The molecule has 1 rings (SSSR count). The van der Waals surface area contributed by atoms with E-state index >= 15 is 0 Å². The fourth-order valence-corrected chi connectivity index (χ4v) is 3.08. The summed E-state index contributed by atoms with van der Waals surface area (Å²) < 4.78 is 26.9. The second-order valence-electron chi connectivity index (χ2n) is 4.39. The van der Waals surface area contributed by atoms with Crippen molar-refractivity contribution in [3.8, 4) is 0 Å². The van der Waals surface area contributed by atoms with E-state index in [4.69, 9.17) is 0 Å². The summed E-state index contributed by atoms with van der Waals surface area (Å²) >= 11 is 0. The Morgan fingerprint density at radius 1 is 1.44 bits per heavy atom. The Bertz CT molecular complexity index is 488. The number of likely N-dealkylation sites (N-methyl/N-ethyl adjacent to an activating group) is 1. The number of pyridine rings is 1. The molecule has 1 aromatic rings. The highest BCUT2D eigenvalue weighted by Crippen LogP contribution is 2.17. The first kappa shape index (κ1) is 14.9. The van der Waals surface area contributed by atoms with Gasteiger partial charge in [-0.1, -0.05) is 0 Å². The third kappa shape index (κ3) is 3.94. The molecule has 18 heavy (non-hydrogen) atoms.